The number of esters is 1. The quantitative estimate of drug-likeness (QED) is 0.372. The zero-order chi connectivity index (χ0) is 23.5. The van der Waals surface area contributed by atoms with E-state index in [2.05, 4.69) is 10.6 Å². The van der Waals surface area contributed by atoms with Gasteiger partial charge in [0.25, 0.3) is 0 Å². The van der Waals surface area contributed by atoms with Crippen LogP contribution in [0.5, 0.6) is 5.75 Å². The predicted octanol–water partition coefficient (Wildman–Crippen LogP) is 2.22. The van der Waals surface area contributed by atoms with Crippen molar-refractivity contribution in [3.8, 4) is 5.75 Å². The average molecular weight is 443 g/mol. The summed E-state index contributed by atoms with van der Waals surface area (Å²) in [5.41, 5.74) is 1.78. The van der Waals surface area contributed by atoms with E-state index in [1.165, 1.54) is 7.11 Å². The Balaban J connectivity index is 2.00. The number of carboxylic acids is 1. The second-order valence-corrected chi connectivity index (χ2v) is 7.66. The number of phenols is 1. The van der Waals surface area contributed by atoms with E-state index in [1.54, 1.807) is 18.2 Å². The third-order valence-electron chi connectivity index (χ3n) is 5.19. The summed E-state index contributed by atoms with van der Waals surface area (Å²) in [6.45, 7) is 2.36. The lowest BCUT2D eigenvalue weighted by atomic mass is 9.97. The Morgan fingerprint density at radius 1 is 1.03 bits per heavy atom. The molecule has 2 aromatic rings. The second-order valence-electron chi connectivity index (χ2n) is 7.66. The number of ether oxygens (including phenoxy) is 1. The highest BCUT2D eigenvalue weighted by Crippen LogP contribution is 2.22. The molecule has 3 atom stereocenters. The van der Waals surface area contributed by atoms with Crippen molar-refractivity contribution in [1.82, 2.24) is 10.6 Å². The van der Waals surface area contributed by atoms with Crippen LogP contribution in [0.25, 0.3) is 0 Å². The van der Waals surface area contributed by atoms with Crippen molar-refractivity contribution in [3.63, 3.8) is 0 Å². The number of hydrogen-bond acceptors (Lipinski definition) is 6. The number of phenolic OH excluding ortho intramolecular Hbond substituents is 1. The summed E-state index contributed by atoms with van der Waals surface area (Å²) in [5, 5.41) is 24.5. The number of hydrogen-bond donors (Lipinski definition) is 4. The van der Waals surface area contributed by atoms with E-state index in [-0.39, 0.29) is 18.1 Å². The zero-order valence-electron chi connectivity index (χ0n) is 18.3. The Kier molecular flexibility index (Phi) is 9.69. The molecule has 0 saturated carbocycles. The van der Waals surface area contributed by atoms with Crippen LogP contribution >= 0.6 is 0 Å². The monoisotopic (exact) mass is 442 g/mol. The van der Waals surface area contributed by atoms with Crippen LogP contribution in [0, 0.1) is 0 Å². The van der Waals surface area contributed by atoms with Crippen LogP contribution in [0.15, 0.2) is 54.6 Å². The van der Waals surface area contributed by atoms with Crippen molar-refractivity contribution in [1.29, 1.82) is 0 Å². The number of carbonyl (C=O) groups excluding carboxylic acids is 2. The van der Waals surface area contributed by atoms with Gasteiger partial charge in [-0.1, -0.05) is 49.4 Å². The molecule has 1 unspecified atom stereocenters. The van der Waals surface area contributed by atoms with Gasteiger partial charge in [0.2, 0.25) is 5.91 Å². The fourth-order valence-corrected chi connectivity index (χ4v) is 3.36. The van der Waals surface area contributed by atoms with Gasteiger partial charge in [0, 0.05) is 6.42 Å². The normalized spacial score (nSPS) is 13.6. The molecule has 0 heterocycles. The summed E-state index contributed by atoms with van der Waals surface area (Å²) in [6.07, 6.45) is 0.427. The summed E-state index contributed by atoms with van der Waals surface area (Å²) in [5.74, 6) is -2.05. The summed E-state index contributed by atoms with van der Waals surface area (Å²) in [6, 6.07) is 14.2. The number of aromatic hydroxyl groups is 1. The Bertz CT molecular complexity index is 902. The van der Waals surface area contributed by atoms with Gasteiger partial charge in [0.1, 0.15) is 11.8 Å². The van der Waals surface area contributed by atoms with Gasteiger partial charge in [-0.3, -0.25) is 9.59 Å². The molecule has 2 aromatic carbocycles. The number of carbonyl (C=O) groups is 3. The fourth-order valence-electron chi connectivity index (χ4n) is 3.36. The Morgan fingerprint density at radius 3 is 2.38 bits per heavy atom. The average Bonchev–Trinajstić information content (AvgIpc) is 2.77. The minimum absolute atomic E-state index is 0.0871. The van der Waals surface area contributed by atoms with Crippen LogP contribution in [-0.2, 0) is 25.5 Å². The molecule has 0 aromatic heterocycles. The molecule has 0 aliphatic rings. The van der Waals surface area contributed by atoms with Crippen molar-refractivity contribution in [2.45, 2.75) is 44.2 Å². The number of nitrogens with one attached hydrogen (secondary N) is 2. The summed E-state index contributed by atoms with van der Waals surface area (Å²) < 4.78 is 4.81. The van der Waals surface area contributed by atoms with Crippen LogP contribution in [0.4, 0.5) is 0 Å². The summed E-state index contributed by atoms with van der Waals surface area (Å²) in [7, 11) is 1.24. The Hall–Kier alpha value is -3.39. The van der Waals surface area contributed by atoms with Gasteiger partial charge < -0.3 is 25.6 Å². The molecule has 172 valence electrons. The van der Waals surface area contributed by atoms with Crippen molar-refractivity contribution < 1.29 is 29.3 Å². The number of aliphatic carboxylic acids is 1. The van der Waals surface area contributed by atoms with Gasteiger partial charge in [-0.2, -0.15) is 0 Å². The van der Waals surface area contributed by atoms with E-state index in [4.69, 9.17) is 4.74 Å². The molecule has 0 saturated heterocycles. The number of amides is 1. The molecule has 8 nitrogen and oxygen atoms in total. The lowest BCUT2D eigenvalue weighted by Crippen LogP contribution is -2.52. The lowest BCUT2D eigenvalue weighted by Gasteiger charge is -2.22. The molecule has 0 aliphatic carbocycles. The maximum absolute atomic E-state index is 12.8. The minimum atomic E-state index is -1.13. The lowest BCUT2D eigenvalue weighted by molar-refractivity contribution is -0.145. The smallest absolute Gasteiger partial charge is 0.328 e. The van der Waals surface area contributed by atoms with Gasteiger partial charge in [-0.25, -0.2) is 4.79 Å². The van der Waals surface area contributed by atoms with Crippen LogP contribution in [0.2, 0.25) is 0 Å². The first-order valence-corrected chi connectivity index (χ1v) is 10.5. The molecule has 4 N–H and O–H groups in total. The van der Waals surface area contributed by atoms with E-state index < -0.39 is 36.4 Å². The maximum Gasteiger partial charge on any atom is 0.328 e. The molecule has 0 fully saturated rings. The molecule has 0 radical (unpaired) electrons. The van der Waals surface area contributed by atoms with E-state index in [9.17, 15) is 24.6 Å². The highest BCUT2D eigenvalue weighted by atomic mass is 16.5. The van der Waals surface area contributed by atoms with Gasteiger partial charge in [-0.15, -0.1) is 0 Å². The molecule has 1 amide bonds. The summed E-state index contributed by atoms with van der Waals surface area (Å²) in [4.78, 5) is 36.3. The number of carboxylic acid groups (broad SMARTS) is 1. The molecule has 8 heteroatoms. The first-order valence-electron chi connectivity index (χ1n) is 10.5. The van der Waals surface area contributed by atoms with Gasteiger partial charge in [-0.05, 0) is 42.1 Å². The van der Waals surface area contributed by atoms with Crippen LogP contribution in [0.1, 0.15) is 36.8 Å². The maximum atomic E-state index is 12.8. The number of benzene rings is 2. The predicted molar refractivity (Wildman–Crippen MR) is 119 cm³/mol. The van der Waals surface area contributed by atoms with E-state index in [1.807, 2.05) is 43.3 Å². The third-order valence-corrected chi connectivity index (χ3v) is 5.19. The first kappa shape index (κ1) is 24.9. The van der Waals surface area contributed by atoms with Gasteiger partial charge >= 0.3 is 11.9 Å². The van der Waals surface area contributed by atoms with Crippen LogP contribution in [0.3, 0.4) is 0 Å². The summed E-state index contributed by atoms with van der Waals surface area (Å²) >= 11 is 0. The first-order chi connectivity index (χ1) is 15.3. The molecular weight excluding hydrogens is 412 g/mol. The van der Waals surface area contributed by atoms with Crippen molar-refractivity contribution in [3.05, 3.63) is 65.7 Å². The van der Waals surface area contributed by atoms with E-state index >= 15 is 0 Å². The van der Waals surface area contributed by atoms with E-state index in [0.717, 1.165) is 11.1 Å². The Labute approximate surface area is 187 Å². The van der Waals surface area contributed by atoms with Gasteiger partial charge in [0.05, 0.1) is 19.6 Å². The zero-order valence-corrected chi connectivity index (χ0v) is 18.3. The molecule has 0 spiro atoms. The molecule has 32 heavy (non-hydrogen) atoms. The third kappa shape index (κ3) is 8.03. The SMILES string of the molecule is COC(=O)[C@@H](Cc1ccccc1)NC(=O)[C@H](CC(=O)O)NCCC(C)c1cccc(O)c1. The van der Waals surface area contributed by atoms with Crippen LogP contribution in [-0.4, -0.2) is 53.8 Å². The minimum Gasteiger partial charge on any atom is -0.508 e. The number of methoxy groups -OCH3 is 1. The second kappa shape index (κ2) is 12.5. The van der Waals surface area contributed by atoms with Gasteiger partial charge in [0.15, 0.2) is 0 Å². The van der Waals surface area contributed by atoms with Crippen molar-refractivity contribution in [2.75, 3.05) is 13.7 Å². The standard InChI is InChI=1S/C24H30N2O6/c1-16(18-9-6-10-19(27)14-18)11-12-25-20(15-22(28)29)23(30)26-21(24(31)32-2)13-17-7-4-3-5-8-17/h3-10,14,16,20-21,25,27H,11-13,15H2,1-2H3,(H,26,30)(H,28,29)/t16?,20-,21+/m0/s1. The van der Waals surface area contributed by atoms with Crippen molar-refractivity contribution in [2.24, 2.45) is 0 Å². The van der Waals surface area contributed by atoms with Crippen molar-refractivity contribution >= 4 is 17.8 Å². The number of rotatable bonds is 12. The molecule has 0 bridgehead atoms. The van der Waals surface area contributed by atoms with E-state index in [0.29, 0.717) is 13.0 Å². The molecular formula is C24H30N2O6. The molecule has 2 rings (SSSR count). The fraction of sp³-hybridized carbons (Fsp3) is 0.375. The topological polar surface area (TPSA) is 125 Å². The van der Waals surface area contributed by atoms with Crippen LogP contribution < -0.4 is 10.6 Å². The highest BCUT2D eigenvalue weighted by Gasteiger charge is 2.27. The molecule has 0 aliphatic heterocycles. The highest BCUT2D eigenvalue weighted by molar-refractivity contribution is 5.90. The Morgan fingerprint density at radius 2 is 1.75 bits per heavy atom. The largest absolute Gasteiger partial charge is 0.508 e.